The maximum absolute atomic E-state index is 11.0. The molecular formula is C15H20Cl2N2O2S. The number of rotatable bonds is 8. The van der Waals surface area contributed by atoms with Crippen LogP contribution in [0.25, 0.3) is 0 Å². The highest BCUT2D eigenvalue weighted by molar-refractivity contribution is 7.15. The van der Waals surface area contributed by atoms with E-state index in [1.54, 1.807) is 0 Å². The van der Waals surface area contributed by atoms with Gasteiger partial charge in [-0.3, -0.25) is 9.69 Å². The standard InChI is InChI=1S/C15H20Cl2N2O2S/c16-14-10(8-22-15(14)17)5-18-11-3-12(4-11)19(7-13(20)21)6-9-1-2-9/h8-9,11-12,18H,1-7H2,(H,20,21). The molecule has 0 spiro atoms. The van der Waals surface area contributed by atoms with E-state index in [0.717, 1.165) is 37.4 Å². The lowest BCUT2D eigenvalue weighted by atomic mass is 9.85. The third-order valence-corrected chi connectivity index (χ3v) is 6.41. The molecule has 2 N–H and O–H groups in total. The minimum absolute atomic E-state index is 0.167. The molecule has 122 valence electrons. The Balaban J connectivity index is 1.43. The van der Waals surface area contributed by atoms with Crippen molar-refractivity contribution in [2.75, 3.05) is 13.1 Å². The van der Waals surface area contributed by atoms with Gasteiger partial charge in [0.2, 0.25) is 0 Å². The predicted molar refractivity (Wildman–Crippen MR) is 89.9 cm³/mol. The number of carboxylic acid groups (broad SMARTS) is 1. The Morgan fingerprint density at radius 2 is 2.14 bits per heavy atom. The molecule has 0 unspecified atom stereocenters. The summed E-state index contributed by atoms with van der Waals surface area (Å²) in [5.41, 5.74) is 1.04. The fourth-order valence-electron chi connectivity index (χ4n) is 2.93. The van der Waals surface area contributed by atoms with Crippen molar-refractivity contribution < 1.29 is 9.90 Å². The molecule has 1 heterocycles. The normalized spacial score (nSPS) is 24.5. The van der Waals surface area contributed by atoms with E-state index in [1.807, 2.05) is 5.38 Å². The number of hydrogen-bond donors (Lipinski definition) is 2. The highest BCUT2D eigenvalue weighted by atomic mass is 35.5. The van der Waals surface area contributed by atoms with Gasteiger partial charge in [0.1, 0.15) is 4.34 Å². The average molecular weight is 363 g/mol. The van der Waals surface area contributed by atoms with Crippen molar-refractivity contribution in [2.24, 2.45) is 5.92 Å². The maximum Gasteiger partial charge on any atom is 0.317 e. The van der Waals surface area contributed by atoms with E-state index >= 15 is 0 Å². The van der Waals surface area contributed by atoms with Crippen LogP contribution in [0.5, 0.6) is 0 Å². The van der Waals surface area contributed by atoms with Crippen molar-refractivity contribution in [2.45, 2.75) is 44.3 Å². The molecule has 1 aromatic rings. The molecular weight excluding hydrogens is 343 g/mol. The van der Waals surface area contributed by atoms with Crippen LogP contribution in [-0.2, 0) is 11.3 Å². The number of thiophene rings is 1. The Kier molecular flexibility index (Phi) is 5.30. The van der Waals surface area contributed by atoms with Crippen LogP contribution < -0.4 is 5.32 Å². The van der Waals surface area contributed by atoms with Gasteiger partial charge in [0.05, 0.1) is 11.6 Å². The fraction of sp³-hybridized carbons (Fsp3) is 0.667. The smallest absolute Gasteiger partial charge is 0.317 e. The van der Waals surface area contributed by atoms with Gasteiger partial charge in [-0.25, -0.2) is 0 Å². The second-order valence-corrected chi connectivity index (χ2v) is 8.18. The summed E-state index contributed by atoms with van der Waals surface area (Å²) in [6, 6.07) is 0.839. The molecule has 0 aromatic carbocycles. The third-order valence-electron chi connectivity index (χ3n) is 4.50. The summed E-state index contributed by atoms with van der Waals surface area (Å²) in [6.45, 7) is 1.83. The summed E-state index contributed by atoms with van der Waals surface area (Å²) in [4.78, 5) is 13.2. The minimum atomic E-state index is -0.725. The number of halogens is 2. The zero-order valence-corrected chi connectivity index (χ0v) is 14.6. The average Bonchev–Trinajstić information content (AvgIpc) is 3.16. The predicted octanol–water partition coefficient (Wildman–Crippen LogP) is 3.47. The molecule has 2 aliphatic carbocycles. The summed E-state index contributed by atoms with van der Waals surface area (Å²) < 4.78 is 0.641. The van der Waals surface area contributed by atoms with Gasteiger partial charge in [0, 0.05) is 25.2 Å². The molecule has 0 amide bonds. The Bertz CT molecular complexity index is 542. The first kappa shape index (κ1) is 16.5. The van der Waals surface area contributed by atoms with Gasteiger partial charge in [-0.15, -0.1) is 11.3 Å². The molecule has 2 fully saturated rings. The van der Waals surface area contributed by atoms with Gasteiger partial charge in [-0.05, 0) is 42.5 Å². The first-order valence-electron chi connectivity index (χ1n) is 7.63. The van der Waals surface area contributed by atoms with Gasteiger partial charge >= 0.3 is 5.97 Å². The van der Waals surface area contributed by atoms with E-state index < -0.39 is 5.97 Å². The van der Waals surface area contributed by atoms with Crippen molar-refractivity contribution in [3.63, 3.8) is 0 Å². The van der Waals surface area contributed by atoms with Crippen LogP contribution in [0, 0.1) is 5.92 Å². The van der Waals surface area contributed by atoms with E-state index in [1.165, 1.54) is 24.2 Å². The Morgan fingerprint density at radius 1 is 1.41 bits per heavy atom. The van der Waals surface area contributed by atoms with E-state index in [0.29, 0.717) is 21.4 Å². The maximum atomic E-state index is 11.0. The Morgan fingerprint density at radius 3 is 2.68 bits per heavy atom. The lowest BCUT2D eigenvalue weighted by Gasteiger charge is -2.43. The molecule has 4 nitrogen and oxygen atoms in total. The van der Waals surface area contributed by atoms with Crippen LogP contribution >= 0.6 is 34.5 Å². The molecule has 0 atom stereocenters. The van der Waals surface area contributed by atoms with E-state index in [-0.39, 0.29) is 6.54 Å². The monoisotopic (exact) mass is 362 g/mol. The SMILES string of the molecule is O=C(O)CN(CC1CC1)C1CC(NCc2csc(Cl)c2Cl)C1. The van der Waals surface area contributed by atoms with Crippen LogP contribution in [0.1, 0.15) is 31.2 Å². The molecule has 7 heteroatoms. The quantitative estimate of drug-likeness (QED) is 0.743. The van der Waals surface area contributed by atoms with Crippen molar-refractivity contribution in [1.82, 2.24) is 10.2 Å². The van der Waals surface area contributed by atoms with Crippen molar-refractivity contribution in [3.05, 3.63) is 20.3 Å². The molecule has 22 heavy (non-hydrogen) atoms. The van der Waals surface area contributed by atoms with Crippen molar-refractivity contribution >= 4 is 40.5 Å². The van der Waals surface area contributed by atoms with Gasteiger partial charge in [0.15, 0.2) is 0 Å². The number of carbonyl (C=O) groups is 1. The van der Waals surface area contributed by atoms with E-state index in [2.05, 4.69) is 10.2 Å². The zero-order valence-electron chi connectivity index (χ0n) is 12.2. The molecule has 2 saturated carbocycles. The second kappa shape index (κ2) is 7.05. The van der Waals surface area contributed by atoms with Crippen LogP contribution in [-0.4, -0.2) is 41.1 Å². The molecule has 0 bridgehead atoms. The van der Waals surface area contributed by atoms with Gasteiger partial charge < -0.3 is 10.4 Å². The summed E-state index contributed by atoms with van der Waals surface area (Å²) in [6.07, 6.45) is 4.52. The summed E-state index contributed by atoms with van der Waals surface area (Å²) in [7, 11) is 0. The largest absolute Gasteiger partial charge is 0.480 e. The summed E-state index contributed by atoms with van der Waals surface area (Å²) >= 11 is 13.5. The number of nitrogens with zero attached hydrogens (tertiary/aromatic N) is 1. The Labute approximate surface area is 144 Å². The van der Waals surface area contributed by atoms with Crippen LogP contribution in [0.3, 0.4) is 0 Å². The van der Waals surface area contributed by atoms with Gasteiger partial charge in [0.25, 0.3) is 0 Å². The lowest BCUT2D eigenvalue weighted by molar-refractivity contribution is -0.139. The van der Waals surface area contributed by atoms with Gasteiger partial charge in [-0.2, -0.15) is 0 Å². The zero-order chi connectivity index (χ0) is 15.7. The molecule has 0 aliphatic heterocycles. The van der Waals surface area contributed by atoms with E-state index in [4.69, 9.17) is 28.3 Å². The lowest BCUT2D eigenvalue weighted by Crippen LogP contribution is -2.54. The van der Waals surface area contributed by atoms with Gasteiger partial charge in [-0.1, -0.05) is 23.2 Å². The second-order valence-electron chi connectivity index (χ2n) is 6.32. The van der Waals surface area contributed by atoms with Crippen LogP contribution in [0.15, 0.2) is 5.38 Å². The van der Waals surface area contributed by atoms with Crippen LogP contribution in [0.2, 0.25) is 9.36 Å². The number of hydrogen-bond acceptors (Lipinski definition) is 4. The Hall–Kier alpha value is -0.330. The number of carboxylic acids is 1. The first-order valence-corrected chi connectivity index (χ1v) is 9.27. The van der Waals surface area contributed by atoms with E-state index in [9.17, 15) is 4.79 Å². The molecule has 2 aliphatic rings. The number of aliphatic carboxylic acids is 1. The number of nitrogens with one attached hydrogen (secondary N) is 1. The fourth-order valence-corrected chi connectivity index (χ4v) is 4.18. The topological polar surface area (TPSA) is 52.6 Å². The van der Waals surface area contributed by atoms with Crippen LogP contribution in [0.4, 0.5) is 0 Å². The summed E-state index contributed by atoms with van der Waals surface area (Å²) in [5.74, 6) is -0.00475. The third kappa shape index (κ3) is 4.15. The molecule has 0 saturated heterocycles. The molecule has 0 radical (unpaired) electrons. The highest BCUT2D eigenvalue weighted by Gasteiger charge is 2.36. The molecule has 1 aromatic heterocycles. The van der Waals surface area contributed by atoms with Crippen molar-refractivity contribution in [3.8, 4) is 0 Å². The minimum Gasteiger partial charge on any atom is -0.480 e. The first-order chi connectivity index (χ1) is 10.5. The molecule has 3 rings (SSSR count). The summed E-state index contributed by atoms with van der Waals surface area (Å²) in [5, 5.41) is 15.2. The van der Waals surface area contributed by atoms with Crippen molar-refractivity contribution in [1.29, 1.82) is 0 Å². The highest BCUT2D eigenvalue weighted by Crippen LogP contribution is 2.35.